The van der Waals surface area contributed by atoms with E-state index < -0.39 is 5.97 Å². The first-order valence-electron chi connectivity index (χ1n) is 8.32. The lowest BCUT2D eigenvalue weighted by molar-refractivity contribution is 0.0696. The van der Waals surface area contributed by atoms with Crippen LogP contribution in [-0.4, -0.2) is 55.1 Å². The molecule has 0 atom stereocenters. The van der Waals surface area contributed by atoms with Gasteiger partial charge in [0.1, 0.15) is 0 Å². The van der Waals surface area contributed by atoms with E-state index in [1.165, 1.54) is 6.07 Å². The molecule has 136 valence electrons. The summed E-state index contributed by atoms with van der Waals surface area (Å²) in [5.74, 6) is -1.29. The zero-order chi connectivity index (χ0) is 18.7. The number of carboxylic acids is 1. The van der Waals surface area contributed by atoms with Gasteiger partial charge in [0.05, 0.1) is 16.9 Å². The molecule has 0 spiro atoms. The third-order valence-electron chi connectivity index (χ3n) is 4.44. The smallest absolute Gasteiger partial charge is 0.335 e. The average molecular weight is 418 g/mol. The summed E-state index contributed by atoms with van der Waals surface area (Å²) < 4.78 is 0.889. The van der Waals surface area contributed by atoms with Crippen LogP contribution in [0.25, 0.3) is 0 Å². The molecule has 1 fully saturated rings. The lowest BCUT2D eigenvalue weighted by Crippen LogP contribution is -2.44. The lowest BCUT2D eigenvalue weighted by Gasteiger charge is -2.35. The number of piperazine rings is 1. The van der Waals surface area contributed by atoms with Crippen LogP contribution in [0.3, 0.4) is 0 Å². The predicted octanol–water partition coefficient (Wildman–Crippen LogP) is 3.15. The van der Waals surface area contributed by atoms with E-state index in [-0.39, 0.29) is 11.5 Å². The normalized spacial score (nSPS) is 14.9. The third kappa shape index (κ3) is 4.23. The number of halogens is 1. The van der Waals surface area contributed by atoms with Crippen molar-refractivity contribution in [3.8, 4) is 0 Å². The van der Waals surface area contributed by atoms with Gasteiger partial charge in [-0.25, -0.2) is 4.79 Å². The number of hydrogen-bond donors (Lipinski definition) is 2. The molecule has 0 unspecified atom stereocenters. The van der Waals surface area contributed by atoms with E-state index in [0.29, 0.717) is 11.3 Å². The molecule has 1 saturated heterocycles. The molecule has 0 saturated carbocycles. The summed E-state index contributed by atoms with van der Waals surface area (Å²) in [6, 6.07) is 11.9. The number of amides is 1. The van der Waals surface area contributed by atoms with E-state index >= 15 is 0 Å². The fourth-order valence-corrected chi connectivity index (χ4v) is 3.15. The Bertz CT molecular complexity index is 815. The summed E-state index contributed by atoms with van der Waals surface area (Å²) in [5.41, 5.74) is 2.02. The maximum absolute atomic E-state index is 12.6. The Morgan fingerprint density at radius 3 is 2.23 bits per heavy atom. The Morgan fingerprint density at radius 2 is 1.62 bits per heavy atom. The molecule has 1 heterocycles. The highest BCUT2D eigenvalue weighted by molar-refractivity contribution is 9.10. The maximum Gasteiger partial charge on any atom is 0.335 e. The van der Waals surface area contributed by atoms with Gasteiger partial charge in [0.15, 0.2) is 0 Å². The van der Waals surface area contributed by atoms with E-state index in [0.717, 1.165) is 36.3 Å². The minimum atomic E-state index is -1.02. The van der Waals surface area contributed by atoms with Crippen molar-refractivity contribution >= 4 is 39.2 Å². The number of nitrogens with one attached hydrogen (secondary N) is 1. The fraction of sp³-hybridized carbons (Fsp3) is 0.263. The quantitative estimate of drug-likeness (QED) is 0.798. The van der Waals surface area contributed by atoms with Gasteiger partial charge in [-0.2, -0.15) is 0 Å². The SMILES string of the molecule is CN1CCN(c2ccc(C(=O)O)cc2NC(=O)c2ccc(Br)cc2)CC1. The van der Waals surface area contributed by atoms with E-state index in [2.05, 4.69) is 38.1 Å². The molecule has 7 heteroatoms. The molecule has 3 rings (SSSR count). The standard InChI is InChI=1S/C19H20BrN3O3/c1-22-8-10-23(11-9-22)17-7-4-14(19(25)26)12-16(17)21-18(24)13-2-5-15(20)6-3-13/h2-7,12H,8-11H2,1H3,(H,21,24)(H,25,26). The summed E-state index contributed by atoms with van der Waals surface area (Å²) in [6.45, 7) is 3.48. The molecule has 0 aliphatic carbocycles. The van der Waals surface area contributed by atoms with Gasteiger partial charge in [-0.3, -0.25) is 4.79 Å². The molecule has 26 heavy (non-hydrogen) atoms. The summed E-state index contributed by atoms with van der Waals surface area (Å²) in [4.78, 5) is 28.3. The number of hydrogen-bond acceptors (Lipinski definition) is 4. The Hall–Kier alpha value is -2.38. The van der Waals surface area contributed by atoms with Gasteiger partial charge in [-0.05, 0) is 49.5 Å². The molecule has 0 radical (unpaired) electrons. The van der Waals surface area contributed by atoms with Gasteiger partial charge >= 0.3 is 5.97 Å². The van der Waals surface area contributed by atoms with Crippen LogP contribution in [0.5, 0.6) is 0 Å². The van der Waals surface area contributed by atoms with Crippen LogP contribution in [0.4, 0.5) is 11.4 Å². The number of carboxylic acid groups (broad SMARTS) is 1. The number of nitrogens with zero attached hydrogens (tertiary/aromatic N) is 2. The van der Waals surface area contributed by atoms with Crippen molar-refractivity contribution in [2.24, 2.45) is 0 Å². The van der Waals surface area contributed by atoms with Crippen LogP contribution in [0, 0.1) is 0 Å². The van der Waals surface area contributed by atoms with Crippen molar-refractivity contribution in [3.05, 3.63) is 58.1 Å². The molecule has 0 bridgehead atoms. The van der Waals surface area contributed by atoms with Crippen LogP contribution < -0.4 is 10.2 Å². The number of carbonyl (C=O) groups is 2. The Labute approximate surface area is 160 Å². The first-order chi connectivity index (χ1) is 12.4. The second kappa shape index (κ2) is 7.88. The number of aromatic carboxylic acids is 1. The lowest BCUT2D eigenvalue weighted by atomic mass is 10.1. The molecule has 6 nitrogen and oxygen atoms in total. The van der Waals surface area contributed by atoms with Gasteiger partial charge in [0.2, 0.25) is 0 Å². The monoisotopic (exact) mass is 417 g/mol. The van der Waals surface area contributed by atoms with E-state index in [1.54, 1.807) is 36.4 Å². The van der Waals surface area contributed by atoms with Crippen LogP contribution in [0.1, 0.15) is 20.7 Å². The molecule has 1 amide bonds. The molecule has 2 aromatic rings. The second-order valence-electron chi connectivity index (χ2n) is 6.29. The van der Waals surface area contributed by atoms with Crippen molar-refractivity contribution in [2.45, 2.75) is 0 Å². The molecule has 1 aliphatic heterocycles. The predicted molar refractivity (Wildman–Crippen MR) is 105 cm³/mol. The van der Waals surface area contributed by atoms with Gasteiger partial charge < -0.3 is 20.2 Å². The van der Waals surface area contributed by atoms with E-state index in [4.69, 9.17) is 0 Å². The molecule has 2 N–H and O–H groups in total. The van der Waals surface area contributed by atoms with Crippen molar-refractivity contribution in [2.75, 3.05) is 43.4 Å². The topological polar surface area (TPSA) is 72.9 Å². The Balaban J connectivity index is 1.89. The number of anilines is 2. The highest BCUT2D eigenvalue weighted by atomic mass is 79.9. The zero-order valence-corrected chi connectivity index (χ0v) is 16.0. The zero-order valence-electron chi connectivity index (χ0n) is 14.4. The molecule has 2 aromatic carbocycles. The van der Waals surface area contributed by atoms with Crippen molar-refractivity contribution in [1.29, 1.82) is 0 Å². The summed E-state index contributed by atoms with van der Waals surface area (Å²) in [5, 5.41) is 12.2. The summed E-state index contributed by atoms with van der Waals surface area (Å²) in [7, 11) is 2.07. The van der Waals surface area contributed by atoms with Gasteiger partial charge in [0.25, 0.3) is 5.91 Å². The third-order valence-corrected chi connectivity index (χ3v) is 4.97. The number of likely N-dealkylation sites (N-methyl/N-ethyl adjacent to an activating group) is 1. The first kappa shape index (κ1) is 18.4. The molecular weight excluding hydrogens is 398 g/mol. The molecule has 1 aliphatic rings. The van der Waals surface area contributed by atoms with Gasteiger partial charge in [-0.1, -0.05) is 15.9 Å². The number of rotatable bonds is 4. The van der Waals surface area contributed by atoms with E-state index in [9.17, 15) is 14.7 Å². The number of carbonyl (C=O) groups excluding carboxylic acids is 1. The average Bonchev–Trinajstić information content (AvgIpc) is 2.63. The molecular formula is C19H20BrN3O3. The largest absolute Gasteiger partial charge is 0.478 e. The Kier molecular flexibility index (Phi) is 5.58. The highest BCUT2D eigenvalue weighted by Crippen LogP contribution is 2.29. The minimum Gasteiger partial charge on any atom is -0.478 e. The van der Waals surface area contributed by atoms with E-state index in [1.807, 2.05) is 0 Å². The maximum atomic E-state index is 12.6. The van der Waals surface area contributed by atoms with Gasteiger partial charge in [0, 0.05) is 36.2 Å². The minimum absolute atomic E-state index is 0.147. The number of benzene rings is 2. The highest BCUT2D eigenvalue weighted by Gasteiger charge is 2.20. The van der Waals surface area contributed by atoms with Crippen molar-refractivity contribution in [3.63, 3.8) is 0 Å². The second-order valence-corrected chi connectivity index (χ2v) is 7.20. The van der Waals surface area contributed by atoms with Crippen LogP contribution >= 0.6 is 15.9 Å². The van der Waals surface area contributed by atoms with Gasteiger partial charge in [-0.15, -0.1) is 0 Å². The van der Waals surface area contributed by atoms with Crippen LogP contribution in [0.15, 0.2) is 46.9 Å². The van der Waals surface area contributed by atoms with Crippen LogP contribution in [-0.2, 0) is 0 Å². The summed E-state index contributed by atoms with van der Waals surface area (Å²) >= 11 is 3.35. The first-order valence-corrected chi connectivity index (χ1v) is 9.11. The van der Waals surface area contributed by atoms with Crippen LogP contribution in [0.2, 0.25) is 0 Å². The van der Waals surface area contributed by atoms with Crippen molar-refractivity contribution in [1.82, 2.24) is 4.90 Å². The fourth-order valence-electron chi connectivity index (χ4n) is 2.89. The van der Waals surface area contributed by atoms with Crippen molar-refractivity contribution < 1.29 is 14.7 Å². The molecule has 0 aromatic heterocycles. The Morgan fingerprint density at radius 1 is 1.00 bits per heavy atom. The summed E-state index contributed by atoms with van der Waals surface area (Å²) in [6.07, 6.45) is 0.